The largest absolute Gasteiger partial charge is 0.325 e. The van der Waals surface area contributed by atoms with Crippen LogP contribution in [0.1, 0.15) is 30.1 Å². The lowest BCUT2D eigenvalue weighted by Crippen LogP contribution is -2.33. The molecule has 30 heavy (non-hydrogen) atoms. The van der Waals surface area contributed by atoms with Crippen LogP contribution in [0.2, 0.25) is 0 Å². The molecule has 2 aromatic heterocycles. The van der Waals surface area contributed by atoms with Crippen molar-refractivity contribution in [3.8, 4) is 0 Å². The third-order valence-electron chi connectivity index (χ3n) is 5.21. The number of carbonyl (C=O) groups excluding carboxylic acids is 1. The van der Waals surface area contributed by atoms with Crippen molar-refractivity contribution < 1.29 is 9.18 Å². The summed E-state index contributed by atoms with van der Waals surface area (Å²) in [6, 6.07) is 15.6. The van der Waals surface area contributed by atoms with Gasteiger partial charge < -0.3 is 10.6 Å². The van der Waals surface area contributed by atoms with Crippen LogP contribution in [0, 0.1) is 12.7 Å². The van der Waals surface area contributed by atoms with Gasteiger partial charge in [-0.3, -0.25) is 9.69 Å². The Bertz CT molecular complexity index is 1020. The number of likely N-dealkylation sites (tertiary alicyclic amines) is 1. The summed E-state index contributed by atoms with van der Waals surface area (Å²) >= 11 is 0. The highest BCUT2D eigenvalue weighted by molar-refractivity contribution is 5.92. The van der Waals surface area contributed by atoms with E-state index in [0.717, 1.165) is 42.3 Å². The number of halogens is 1. The third kappa shape index (κ3) is 4.80. The average Bonchev–Trinajstić information content (AvgIpc) is 3.20. The number of nitrogens with one attached hydrogen (secondary N) is 2. The van der Waals surface area contributed by atoms with Crippen LogP contribution in [0.4, 0.5) is 21.7 Å². The van der Waals surface area contributed by atoms with Crippen LogP contribution in [-0.2, 0) is 4.79 Å². The number of aryl methyl sites for hydroxylation is 1. The van der Waals surface area contributed by atoms with Crippen molar-refractivity contribution in [3.05, 3.63) is 77.9 Å². The van der Waals surface area contributed by atoms with Gasteiger partial charge in [0.2, 0.25) is 5.91 Å². The van der Waals surface area contributed by atoms with Crippen molar-refractivity contribution >= 4 is 23.2 Å². The molecule has 0 radical (unpaired) electrons. The summed E-state index contributed by atoms with van der Waals surface area (Å²) in [6.45, 7) is 3.10. The molecule has 3 heterocycles. The van der Waals surface area contributed by atoms with Crippen molar-refractivity contribution in [1.29, 1.82) is 0 Å². The van der Waals surface area contributed by atoms with E-state index in [1.807, 2.05) is 37.3 Å². The summed E-state index contributed by atoms with van der Waals surface area (Å²) in [4.78, 5) is 23.8. The van der Waals surface area contributed by atoms with Gasteiger partial charge in [0.05, 0.1) is 18.3 Å². The molecule has 0 bridgehead atoms. The minimum Gasteiger partial charge on any atom is -0.325 e. The minimum atomic E-state index is -0.326. The van der Waals surface area contributed by atoms with E-state index in [4.69, 9.17) is 4.98 Å². The van der Waals surface area contributed by atoms with Gasteiger partial charge in [-0.25, -0.2) is 14.4 Å². The first-order valence-corrected chi connectivity index (χ1v) is 10.0. The Labute approximate surface area is 175 Å². The highest BCUT2D eigenvalue weighted by atomic mass is 19.1. The van der Waals surface area contributed by atoms with Gasteiger partial charge in [0.15, 0.2) is 0 Å². The van der Waals surface area contributed by atoms with E-state index in [9.17, 15) is 9.18 Å². The SMILES string of the molecule is Cc1cccnc1Nc1cccc(C2CCCN2CC(=O)Nc2ccc(F)cc2)n1. The van der Waals surface area contributed by atoms with Gasteiger partial charge in [-0.05, 0) is 74.3 Å². The van der Waals surface area contributed by atoms with Crippen LogP contribution in [0.5, 0.6) is 0 Å². The Balaban J connectivity index is 1.43. The maximum absolute atomic E-state index is 13.0. The van der Waals surface area contributed by atoms with Crippen LogP contribution in [-0.4, -0.2) is 33.9 Å². The zero-order valence-corrected chi connectivity index (χ0v) is 16.8. The van der Waals surface area contributed by atoms with Crippen molar-refractivity contribution in [3.63, 3.8) is 0 Å². The number of carbonyl (C=O) groups is 1. The molecule has 1 atom stereocenters. The molecular weight excluding hydrogens is 381 g/mol. The van der Waals surface area contributed by atoms with E-state index in [1.54, 1.807) is 18.3 Å². The smallest absolute Gasteiger partial charge is 0.238 e. The molecule has 1 saturated heterocycles. The molecule has 1 aromatic carbocycles. The first-order valence-electron chi connectivity index (χ1n) is 10.0. The fraction of sp³-hybridized carbons (Fsp3) is 0.261. The molecular formula is C23H24FN5O. The van der Waals surface area contributed by atoms with Gasteiger partial charge in [-0.1, -0.05) is 12.1 Å². The lowest BCUT2D eigenvalue weighted by Gasteiger charge is -2.24. The zero-order chi connectivity index (χ0) is 20.9. The predicted molar refractivity (Wildman–Crippen MR) is 115 cm³/mol. The molecule has 7 heteroatoms. The number of hydrogen-bond donors (Lipinski definition) is 2. The van der Waals surface area contributed by atoms with Gasteiger partial charge in [0.1, 0.15) is 17.5 Å². The molecule has 1 aliphatic rings. The molecule has 1 unspecified atom stereocenters. The number of aromatic nitrogens is 2. The van der Waals surface area contributed by atoms with Crippen molar-refractivity contribution in [2.24, 2.45) is 0 Å². The summed E-state index contributed by atoms with van der Waals surface area (Å²) in [6.07, 6.45) is 3.70. The molecule has 0 spiro atoms. The highest BCUT2D eigenvalue weighted by Crippen LogP contribution is 2.31. The van der Waals surface area contributed by atoms with Crippen molar-refractivity contribution in [2.75, 3.05) is 23.7 Å². The average molecular weight is 405 g/mol. The highest BCUT2D eigenvalue weighted by Gasteiger charge is 2.28. The van der Waals surface area contributed by atoms with Crippen LogP contribution in [0.15, 0.2) is 60.8 Å². The topological polar surface area (TPSA) is 70.2 Å². The minimum absolute atomic E-state index is 0.0792. The molecule has 1 fully saturated rings. The normalized spacial score (nSPS) is 16.4. The first-order chi connectivity index (χ1) is 14.6. The second-order valence-corrected chi connectivity index (χ2v) is 7.43. The Hall–Kier alpha value is -3.32. The Morgan fingerprint density at radius 1 is 1.17 bits per heavy atom. The summed E-state index contributed by atoms with van der Waals surface area (Å²) in [7, 11) is 0. The molecule has 1 amide bonds. The number of pyridine rings is 2. The summed E-state index contributed by atoms with van der Waals surface area (Å²) in [5.74, 6) is 1.07. The Kier molecular flexibility index (Phi) is 5.99. The van der Waals surface area contributed by atoms with Gasteiger partial charge in [0.25, 0.3) is 0 Å². The first kappa shape index (κ1) is 20.0. The monoisotopic (exact) mass is 405 g/mol. The fourth-order valence-electron chi connectivity index (χ4n) is 3.71. The number of benzene rings is 1. The standard InChI is InChI=1S/C23H24FN5O/c1-16-5-3-13-25-23(16)28-21-8-2-6-19(27-21)20-7-4-14-29(20)15-22(30)26-18-11-9-17(24)10-12-18/h2-3,5-6,8-13,20H,4,7,14-15H2,1H3,(H,26,30)(H,25,27,28). The van der Waals surface area contributed by atoms with E-state index in [1.165, 1.54) is 12.1 Å². The number of anilines is 3. The maximum Gasteiger partial charge on any atom is 0.238 e. The molecule has 4 rings (SSSR count). The van der Waals surface area contributed by atoms with E-state index >= 15 is 0 Å². The van der Waals surface area contributed by atoms with Gasteiger partial charge >= 0.3 is 0 Å². The Morgan fingerprint density at radius 2 is 2.00 bits per heavy atom. The second-order valence-electron chi connectivity index (χ2n) is 7.43. The molecule has 0 saturated carbocycles. The number of nitrogens with zero attached hydrogens (tertiary/aromatic N) is 3. The van der Waals surface area contributed by atoms with Gasteiger partial charge in [0, 0.05) is 11.9 Å². The quantitative estimate of drug-likeness (QED) is 0.634. The molecule has 154 valence electrons. The van der Waals surface area contributed by atoms with E-state index in [2.05, 4.69) is 20.5 Å². The fourth-order valence-corrected chi connectivity index (χ4v) is 3.71. The lowest BCUT2D eigenvalue weighted by molar-refractivity contribution is -0.117. The second kappa shape index (κ2) is 9.00. The van der Waals surface area contributed by atoms with Crippen LogP contribution in [0.3, 0.4) is 0 Å². The summed E-state index contributed by atoms with van der Waals surface area (Å²) in [5.41, 5.74) is 2.57. The molecule has 6 nitrogen and oxygen atoms in total. The zero-order valence-electron chi connectivity index (χ0n) is 16.8. The predicted octanol–water partition coefficient (Wildman–Crippen LogP) is 4.44. The number of hydrogen-bond acceptors (Lipinski definition) is 5. The molecule has 0 aliphatic carbocycles. The van der Waals surface area contributed by atoms with Crippen LogP contribution in [0.25, 0.3) is 0 Å². The van der Waals surface area contributed by atoms with Crippen LogP contribution < -0.4 is 10.6 Å². The van der Waals surface area contributed by atoms with E-state index in [-0.39, 0.29) is 24.3 Å². The molecule has 2 N–H and O–H groups in total. The summed E-state index contributed by atoms with van der Waals surface area (Å²) < 4.78 is 13.0. The summed E-state index contributed by atoms with van der Waals surface area (Å²) in [5, 5.41) is 6.11. The maximum atomic E-state index is 13.0. The van der Waals surface area contributed by atoms with E-state index in [0.29, 0.717) is 5.69 Å². The van der Waals surface area contributed by atoms with Crippen molar-refractivity contribution in [1.82, 2.24) is 14.9 Å². The molecule has 3 aromatic rings. The van der Waals surface area contributed by atoms with Gasteiger partial charge in [-0.2, -0.15) is 0 Å². The lowest BCUT2D eigenvalue weighted by atomic mass is 10.1. The van der Waals surface area contributed by atoms with Gasteiger partial charge in [-0.15, -0.1) is 0 Å². The third-order valence-corrected chi connectivity index (χ3v) is 5.21. The van der Waals surface area contributed by atoms with E-state index < -0.39 is 0 Å². The van der Waals surface area contributed by atoms with Crippen LogP contribution >= 0.6 is 0 Å². The number of rotatable bonds is 6. The van der Waals surface area contributed by atoms with Crippen molar-refractivity contribution in [2.45, 2.75) is 25.8 Å². The molecule has 1 aliphatic heterocycles. The number of amides is 1. The Morgan fingerprint density at radius 3 is 2.80 bits per heavy atom.